The lowest BCUT2D eigenvalue weighted by molar-refractivity contribution is 1.09. The van der Waals surface area contributed by atoms with Gasteiger partial charge in [-0.1, -0.05) is 30.7 Å². The van der Waals surface area contributed by atoms with Crippen LogP contribution >= 0.6 is 0 Å². The zero-order valence-electron chi connectivity index (χ0n) is 5.99. The minimum atomic E-state index is 1.13. The van der Waals surface area contributed by atoms with Crippen LogP contribution in [0.4, 0.5) is 0 Å². The van der Waals surface area contributed by atoms with Crippen molar-refractivity contribution in [1.29, 1.82) is 0 Å². The molecule has 0 atom stereocenters. The van der Waals surface area contributed by atoms with E-state index >= 15 is 0 Å². The van der Waals surface area contributed by atoms with E-state index in [4.69, 9.17) is 0 Å². The normalized spacial score (nSPS) is 11.6. The maximum absolute atomic E-state index is 3.77. The number of allylic oxidation sites excluding steroid dienone is 3. The Bertz CT molecular complexity index is 107. The maximum atomic E-state index is 3.77. The van der Waals surface area contributed by atoms with Crippen LogP contribution in [0.15, 0.2) is 23.8 Å². The molecule has 0 aromatic rings. The Morgan fingerprint density at radius 1 is 1.50 bits per heavy atom. The molecule has 0 N–H and O–H groups in total. The van der Waals surface area contributed by atoms with Crippen molar-refractivity contribution in [1.82, 2.24) is 0 Å². The van der Waals surface area contributed by atoms with Gasteiger partial charge in [-0.05, 0) is 20.3 Å². The first-order chi connectivity index (χ1) is 3.66. The molecule has 0 unspecified atom stereocenters. The average Bonchev–Trinajstić information content (AvgIpc) is 1.65. The highest BCUT2D eigenvalue weighted by atomic mass is 13.9. The largest absolute Gasteiger partial charge is 0.0961 e. The summed E-state index contributed by atoms with van der Waals surface area (Å²) in [5.41, 5.74) is 2.54. The third-order valence-corrected chi connectivity index (χ3v) is 1.05. The van der Waals surface area contributed by atoms with E-state index in [0.29, 0.717) is 0 Å². The predicted octanol–water partition coefficient (Wildman–Crippen LogP) is 2.92. The van der Waals surface area contributed by atoms with Crippen LogP contribution in [0.5, 0.6) is 0 Å². The third kappa shape index (κ3) is 3.66. The highest BCUT2D eigenvalue weighted by molar-refractivity contribution is 5.16. The van der Waals surface area contributed by atoms with Crippen molar-refractivity contribution in [2.24, 2.45) is 0 Å². The third-order valence-electron chi connectivity index (χ3n) is 1.05. The average molecular weight is 110 g/mol. The van der Waals surface area contributed by atoms with Gasteiger partial charge in [0, 0.05) is 0 Å². The molecular weight excluding hydrogens is 96.1 g/mol. The highest BCUT2D eigenvalue weighted by Gasteiger charge is 1.80. The van der Waals surface area contributed by atoms with Crippen LogP contribution in [0.2, 0.25) is 0 Å². The Labute approximate surface area is 51.9 Å². The van der Waals surface area contributed by atoms with E-state index in [1.807, 2.05) is 6.92 Å². The standard InChI is InChI=1S/C8H14/c1-5-8(4)6-7(2)3/h6H,2,5H2,1,3-4H3/b8-6-. The summed E-state index contributed by atoms with van der Waals surface area (Å²) in [7, 11) is 0. The summed E-state index contributed by atoms with van der Waals surface area (Å²) in [5.74, 6) is 0. The molecule has 0 aromatic carbocycles. The minimum absolute atomic E-state index is 1.13. The van der Waals surface area contributed by atoms with Crippen LogP contribution in [-0.2, 0) is 0 Å². The molecule has 8 heavy (non-hydrogen) atoms. The van der Waals surface area contributed by atoms with E-state index in [1.165, 1.54) is 5.57 Å². The first kappa shape index (κ1) is 7.48. The molecule has 0 heterocycles. The number of hydrogen-bond donors (Lipinski definition) is 0. The van der Waals surface area contributed by atoms with Crippen molar-refractivity contribution in [2.45, 2.75) is 27.2 Å². The molecule has 0 aliphatic rings. The molecule has 0 saturated carbocycles. The zero-order chi connectivity index (χ0) is 6.57. The molecule has 0 aromatic heterocycles. The second-order valence-electron chi connectivity index (χ2n) is 2.19. The fourth-order valence-corrected chi connectivity index (χ4v) is 0.523. The van der Waals surface area contributed by atoms with Gasteiger partial charge in [0.05, 0.1) is 0 Å². The topological polar surface area (TPSA) is 0 Å². The Hall–Kier alpha value is -0.520. The second kappa shape index (κ2) is 3.48. The van der Waals surface area contributed by atoms with Gasteiger partial charge in [0.15, 0.2) is 0 Å². The van der Waals surface area contributed by atoms with Crippen molar-refractivity contribution in [3.8, 4) is 0 Å². The fraction of sp³-hybridized carbons (Fsp3) is 0.500. The van der Waals surface area contributed by atoms with Gasteiger partial charge in [0.1, 0.15) is 0 Å². The van der Waals surface area contributed by atoms with Crippen molar-refractivity contribution in [3.63, 3.8) is 0 Å². The van der Waals surface area contributed by atoms with Gasteiger partial charge in [0.25, 0.3) is 0 Å². The van der Waals surface area contributed by atoms with Gasteiger partial charge < -0.3 is 0 Å². The molecule has 0 nitrogen and oxygen atoms in total. The van der Waals surface area contributed by atoms with E-state index in [9.17, 15) is 0 Å². The Morgan fingerprint density at radius 2 is 2.00 bits per heavy atom. The Balaban J connectivity index is 3.75. The van der Waals surface area contributed by atoms with Crippen LogP contribution in [0.3, 0.4) is 0 Å². The number of hydrogen-bond acceptors (Lipinski definition) is 0. The van der Waals surface area contributed by atoms with E-state index in [-0.39, 0.29) is 0 Å². The summed E-state index contributed by atoms with van der Waals surface area (Å²) in [6.07, 6.45) is 3.24. The molecule has 0 amide bonds. The molecule has 0 radical (unpaired) electrons. The van der Waals surface area contributed by atoms with Crippen LogP contribution in [0.1, 0.15) is 27.2 Å². The van der Waals surface area contributed by atoms with Gasteiger partial charge in [-0.2, -0.15) is 0 Å². The summed E-state index contributed by atoms with van der Waals surface area (Å²) in [6.45, 7) is 10.0. The van der Waals surface area contributed by atoms with Crippen LogP contribution in [0, 0.1) is 0 Å². The lowest BCUT2D eigenvalue weighted by Gasteiger charge is -1.91. The monoisotopic (exact) mass is 110 g/mol. The summed E-state index contributed by atoms with van der Waals surface area (Å²) in [4.78, 5) is 0. The molecule has 0 fully saturated rings. The lowest BCUT2D eigenvalue weighted by Crippen LogP contribution is -1.70. The van der Waals surface area contributed by atoms with E-state index in [1.54, 1.807) is 0 Å². The first-order valence-corrected chi connectivity index (χ1v) is 2.99. The van der Waals surface area contributed by atoms with Gasteiger partial charge >= 0.3 is 0 Å². The molecular formula is C8H14. The highest BCUT2D eigenvalue weighted by Crippen LogP contribution is 2.01. The van der Waals surface area contributed by atoms with Gasteiger partial charge in [-0.15, -0.1) is 0 Å². The summed E-state index contributed by atoms with van der Waals surface area (Å²) >= 11 is 0. The van der Waals surface area contributed by atoms with Gasteiger partial charge in [-0.25, -0.2) is 0 Å². The Kier molecular flexibility index (Phi) is 3.25. The van der Waals surface area contributed by atoms with Crippen molar-refractivity contribution < 1.29 is 0 Å². The molecule has 0 saturated heterocycles. The van der Waals surface area contributed by atoms with E-state index in [2.05, 4.69) is 26.5 Å². The molecule has 0 aliphatic carbocycles. The fourth-order valence-electron chi connectivity index (χ4n) is 0.523. The molecule has 0 bridgehead atoms. The summed E-state index contributed by atoms with van der Waals surface area (Å²) in [6, 6.07) is 0. The zero-order valence-corrected chi connectivity index (χ0v) is 5.99. The van der Waals surface area contributed by atoms with Crippen molar-refractivity contribution >= 4 is 0 Å². The molecule has 0 spiro atoms. The quantitative estimate of drug-likeness (QED) is 0.479. The van der Waals surface area contributed by atoms with Crippen LogP contribution in [0.25, 0.3) is 0 Å². The molecule has 0 aliphatic heterocycles. The lowest BCUT2D eigenvalue weighted by atomic mass is 10.2. The van der Waals surface area contributed by atoms with E-state index < -0.39 is 0 Å². The number of rotatable bonds is 2. The van der Waals surface area contributed by atoms with Crippen LogP contribution in [-0.4, -0.2) is 0 Å². The first-order valence-electron chi connectivity index (χ1n) is 2.99. The van der Waals surface area contributed by atoms with Gasteiger partial charge in [-0.3, -0.25) is 0 Å². The minimum Gasteiger partial charge on any atom is -0.0961 e. The van der Waals surface area contributed by atoms with Crippen LogP contribution < -0.4 is 0 Å². The molecule has 0 heteroatoms. The second-order valence-corrected chi connectivity index (χ2v) is 2.19. The van der Waals surface area contributed by atoms with Crippen molar-refractivity contribution in [3.05, 3.63) is 23.8 Å². The Morgan fingerprint density at radius 3 is 2.12 bits per heavy atom. The van der Waals surface area contributed by atoms with Gasteiger partial charge in [0.2, 0.25) is 0 Å². The predicted molar refractivity (Wildman–Crippen MR) is 38.9 cm³/mol. The smallest absolute Gasteiger partial charge is 0.0348 e. The summed E-state index contributed by atoms with van der Waals surface area (Å²) < 4.78 is 0. The molecule has 0 rings (SSSR count). The van der Waals surface area contributed by atoms with E-state index in [0.717, 1.165) is 12.0 Å². The maximum Gasteiger partial charge on any atom is -0.0348 e. The molecule has 46 valence electrons. The summed E-state index contributed by atoms with van der Waals surface area (Å²) in [5, 5.41) is 0. The SMILES string of the molecule is C=C(C)/C=C(/C)CC. The van der Waals surface area contributed by atoms with Crippen molar-refractivity contribution in [2.75, 3.05) is 0 Å².